The van der Waals surface area contributed by atoms with Crippen molar-refractivity contribution in [2.45, 2.75) is 24.7 Å². The number of rotatable bonds is 3. The maximum Gasteiger partial charge on any atom is 0.228 e. The summed E-state index contributed by atoms with van der Waals surface area (Å²) < 4.78 is 22.9. The van der Waals surface area contributed by atoms with Crippen LogP contribution in [0.4, 0.5) is 5.69 Å². The number of amides is 1. The molecule has 2 rings (SSSR count). The van der Waals surface area contributed by atoms with Gasteiger partial charge in [-0.1, -0.05) is 11.6 Å². The van der Waals surface area contributed by atoms with Crippen molar-refractivity contribution in [3.8, 4) is 0 Å². The molecule has 7 heteroatoms. The summed E-state index contributed by atoms with van der Waals surface area (Å²) in [6.07, 6.45) is 0.0516. The van der Waals surface area contributed by atoms with Crippen LogP contribution in [-0.4, -0.2) is 30.9 Å². The van der Waals surface area contributed by atoms with Crippen LogP contribution in [0.3, 0.4) is 0 Å². The van der Waals surface area contributed by atoms with E-state index in [1.54, 1.807) is 6.07 Å². The van der Waals surface area contributed by atoms with E-state index in [1.165, 1.54) is 13.0 Å². The van der Waals surface area contributed by atoms with Crippen molar-refractivity contribution in [2.75, 3.05) is 11.6 Å². The van der Waals surface area contributed by atoms with Crippen molar-refractivity contribution < 1.29 is 18.3 Å². The molecule has 1 amide bonds. The first kappa shape index (κ1) is 14.3. The average molecular weight is 304 g/mol. The summed E-state index contributed by atoms with van der Waals surface area (Å²) in [6.45, 7) is 1.42. The van der Waals surface area contributed by atoms with Crippen LogP contribution >= 0.6 is 11.6 Å². The van der Waals surface area contributed by atoms with E-state index in [9.17, 15) is 18.3 Å². The fraction of sp³-hybridized carbons (Fsp3) is 0.417. The molecule has 1 aromatic rings. The molecular formula is C12H14ClNO4S. The van der Waals surface area contributed by atoms with Crippen LogP contribution in [-0.2, 0) is 21.1 Å². The second-order valence-electron chi connectivity index (χ2n) is 4.74. The Morgan fingerprint density at radius 2 is 2.05 bits per heavy atom. The first-order valence-electron chi connectivity index (χ1n) is 5.69. The molecule has 2 N–H and O–H groups in total. The molecule has 0 aromatic heterocycles. The number of sulfone groups is 1. The summed E-state index contributed by atoms with van der Waals surface area (Å²) in [7, 11) is -3.38. The van der Waals surface area contributed by atoms with Gasteiger partial charge in [-0.25, -0.2) is 8.42 Å². The minimum absolute atomic E-state index is 0.145. The number of carbonyl (C=O) groups is 1. The smallest absolute Gasteiger partial charge is 0.228 e. The molecule has 0 fully saturated rings. The quantitative estimate of drug-likeness (QED) is 0.881. The standard InChI is InChI=1S/C12H14ClNO4S/c1-6(19(2,17)18)12(16)8-3-7-4-11(15)14-10(7)5-9(8)13/h3,5-6,12,16H,4H2,1-2H3,(H,14,15). The highest BCUT2D eigenvalue weighted by Crippen LogP contribution is 2.34. The van der Waals surface area contributed by atoms with Crippen molar-refractivity contribution >= 4 is 33.0 Å². The molecule has 2 unspecified atom stereocenters. The molecule has 0 saturated heterocycles. The number of hydrogen-bond donors (Lipinski definition) is 2. The van der Waals surface area contributed by atoms with Crippen LogP contribution in [0.2, 0.25) is 5.02 Å². The number of aliphatic hydroxyl groups excluding tert-OH is 1. The fourth-order valence-corrected chi connectivity index (χ4v) is 2.87. The summed E-state index contributed by atoms with van der Waals surface area (Å²) in [5.41, 5.74) is 1.65. The van der Waals surface area contributed by atoms with Crippen LogP contribution in [0.1, 0.15) is 24.2 Å². The van der Waals surface area contributed by atoms with Gasteiger partial charge >= 0.3 is 0 Å². The van der Waals surface area contributed by atoms with Gasteiger partial charge in [0.15, 0.2) is 9.84 Å². The van der Waals surface area contributed by atoms with Gasteiger partial charge in [-0.3, -0.25) is 4.79 Å². The number of hydrogen-bond acceptors (Lipinski definition) is 4. The normalized spacial score (nSPS) is 17.8. The number of aliphatic hydroxyl groups is 1. The van der Waals surface area contributed by atoms with Crippen LogP contribution in [0.25, 0.3) is 0 Å². The van der Waals surface area contributed by atoms with Gasteiger partial charge in [-0.05, 0) is 24.6 Å². The number of benzene rings is 1. The highest BCUT2D eigenvalue weighted by Gasteiger charge is 2.29. The molecule has 0 saturated carbocycles. The summed E-state index contributed by atoms with van der Waals surface area (Å²) in [5, 5.41) is 12.0. The molecule has 1 aliphatic rings. The number of carbonyl (C=O) groups excluding carboxylic acids is 1. The van der Waals surface area contributed by atoms with Crippen LogP contribution < -0.4 is 5.32 Å². The van der Waals surface area contributed by atoms with E-state index in [4.69, 9.17) is 11.6 Å². The minimum Gasteiger partial charge on any atom is -0.387 e. The Morgan fingerprint density at radius 1 is 1.42 bits per heavy atom. The van der Waals surface area contributed by atoms with Crippen molar-refractivity contribution in [2.24, 2.45) is 0 Å². The fourth-order valence-electron chi connectivity index (χ4n) is 1.98. The number of fused-ring (bicyclic) bond motifs is 1. The molecule has 104 valence electrons. The summed E-state index contributed by atoms with van der Waals surface area (Å²) in [4.78, 5) is 11.3. The molecule has 0 spiro atoms. The Kier molecular flexibility index (Phi) is 3.59. The van der Waals surface area contributed by atoms with Gasteiger partial charge in [-0.2, -0.15) is 0 Å². The van der Waals surface area contributed by atoms with Gasteiger partial charge in [0, 0.05) is 22.5 Å². The molecule has 1 heterocycles. The second-order valence-corrected chi connectivity index (χ2v) is 7.55. The Hall–Kier alpha value is -1.11. The van der Waals surface area contributed by atoms with E-state index in [-0.39, 0.29) is 17.4 Å². The van der Waals surface area contributed by atoms with E-state index in [0.717, 1.165) is 6.26 Å². The predicted octanol–water partition coefficient (Wildman–Crippen LogP) is 1.30. The minimum atomic E-state index is -3.38. The SMILES string of the molecule is CC(C(O)c1cc2c(cc1Cl)NC(=O)C2)S(C)(=O)=O. The Balaban J connectivity index is 2.42. The lowest BCUT2D eigenvalue weighted by atomic mass is 10.0. The molecule has 2 atom stereocenters. The van der Waals surface area contributed by atoms with Crippen molar-refractivity contribution in [1.29, 1.82) is 0 Å². The number of halogens is 1. The zero-order valence-corrected chi connectivity index (χ0v) is 12.0. The van der Waals surface area contributed by atoms with Crippen LogP contribution in [0, 0.1) is 0 Å². The van der Waals surface area contributed by atoms with E-state index in [0.29, 0.717) is 16.8 Å². The van der Waals surface area contributed by atoms with E-state index < -0.39 is 21.2 Å². The molecular weight excluding hydrogens is 290 g/mol. The monoisotopic (exact) mass is 303 g/mol. The Labute approximate surface area is 116 Å². The molecule has 1 aromatic carbocycles. The highest BCUT2D eigenvalue weighted by atomic mass is 35.5. The zero-order valence-electron chi connectivity index (χ0n) is 10.5. The topological polar surface area (TPSA) is 83.5 Å². The Bertz CT molecular complexity index is 641. The summed E-state index contributed by atoms with van der Waals surface area (Å²) >= 11 is 6.04. The highest BCUT2D eigenvalue weighted by molar-refractivity contribution is 7.91. The molecule has 0 aliphatic carbocycles. The van der Waals surface area contributed by atoms with Gasteiger partial charge in [0.1, 0.15) is 0 Å². The van der Waals surface area contributed by atoms with Gasteiger partial charge in [0.25, 0.3) is 0 Å². The van der Waals surface area contributed by atoms with Crippen molar-refractivity contribution in [1.82, 2.24) is 0 Å². The Morgan fingerprint density at radius 3 is 2.63 bits per heavy atom. The number of anilines is 1. The van der Waals surface area contributed by atoms with Crippen molar-refractivity contribution in [3.63, 3.8) is 0 Å². The van der Waals surface area contributed by atoms with E-state index in [1.807, 2.05) is 0 Å². The first-order valence-corrected chi connectivity index (χ1v) is 8.02. The van der Waals surface area contributed by atoms with Gasteiger partial charge in [-0.15, -0.1) is 0 Å². The zero-order chi connectivity index (χ0) is 14.4. The van der Waals surface area contributed by atoms with Crippen molar-refractivity contribution in [3.05, 3.63) is 28.3 Å². The second kappa shape index (κ2) is 4.77. The lowest BCUT2D eigenvalue weighted by Crippen LogP contribution is -2.24. The summed E-state index contributed by atoms with van der Waals surface area (Å²) in [5.74, 6) is -0.145. The lowest BCUT2D eigenvalue weighted by molar-refractivity contribution is -0.115. The summed E-state index contributed by atoms with van der Waals surface area (Å²) in [6, 6.07) is 3.12. The maximum atomic E-state index is 11.5. The third-order valence-corrected chi connectivity index (χ3v) is 5.22. The third-order valence-electron chi connectivity index (χ3n) is 3.29. The van der Waals surface area contributed by atoms with Gasteiger partial charge in [0.05, 0.1) is 17.8 Å². The largest absolute Gasteiger partial charge is 0.387 e. The van der Waals surface area contributed by atoms with Gasteiger partial charge in [0.2, 0.25) is 5.91 Å². The molecule has 1 aliphatic heterocycles. The lowest BCUT2D eigenvalue weighted by Gasteiger charge is -2.19. The van der Waals surface area contributed by atoms with Crippen LogP contribution in [0.15, 0.2) is 12.1 Å². The van der Waals surface area contributed by atoms with E-state index >= 15 is 0 Å². The molecule has 0 bridgehead atoms. The molecule has 0 radical (unpaired) electrons. The van der Waals surface area contributed by atoms with E-state index in [2.05, 4.69) is 5.32 Å². The average Bonchev–Trinajstić information content (AvgIpc) is 2.64. The molecule has 19 heavy (non-hydrogen) atoms. The third kappa shape index (κ3) is 2.75. The maximum absolute atomic E-state index is 11.5. The van der Waals surface area contributed by atoms with Gasteiger partial charge < -0.3 is 10.4 Å². The molecule has 5 nitrogen and oxygen atoms in total. The number of nitrogens with one attached hydrogen (secondary N) is 1. The first-order chi connectivity index (χ1) is 8.70. The van der Waals surface area contributed by atoms with Crippen LogP contribution in [0.5, 0.6) is 0 Å². The predicted molar refractivity (Wildman–Crippen MR) is 73.1 cm³/mol.